The van der Waals surface area contributed by atoms with Gasteiger partial charge in [0.05, 0.1) is 0 Å². The molecule has 124 valence electrons. The van der Waals surface area contributed by atoms with Gasteiger partial charge in [0.25, 0.3) is 0 Å². The number of benzene rings is 2. The zero-order chi connectivity index (χ0) is 16.9. The fraction of sp³-hybridized carbons (Fsp3) is 0.263. The first-order valence-electron chi connectivity index (χ1n) is 8.10. The molecule has 1 aliphatic heterocycles. The number of aromatic hydroxyl groups is 1. The van der Waals surface area contributed by atoms with Crippen molar-refractivity contribution in [3.05, 3.63) is 54.1 Å². The molecule has 1 heterocycles. The molecule has 1 fully saturated rings. The van der Waals surface area contributed by atoms with E-state index in [1.54, 1.807) is 29.2 Å². The highest BCUT2D eigenvalue weighted by atomic mass is 16.3. The van der Waals surface area contributed by atoms with Gasteiger partial charge < -0.3 is 15.3 Å². The fourth-order valence-corrected chi connectivity index (χ4v) is 2.84. The van der Waals surface area contributed by atoms with E-state index in [1.165, 1.54) is 0 Å². The molecule has 0 spiro atoms. The van der Waals surface area contributed by atoms with Gasteiger partial charge in [-0.1, -0.05) is 18.2 Å². The van der Waals surface area contributed by atoms with Crippen molar-refractivity contribution in [3.8, 4) is 5.75 Å². The van der Waals surface area contributed by atoms with E-state index in [0.29, 0.717) is 24.9 Å². The quantitative estimate of drug-likeness (QED) is 0.888. The van der Waals surface area contributed by atoms with Crippen LogP contribution in [-0.4, -0.2) is 23.5 Å². The number of carbonyl (C=O) groups is 2. The van der Waals surface area contributed by atoms with Crippen LogP contribution in [0.1, 0.15) is 24.8 Å². The fourth-order valence-electron chi connectivity index (χ4n) is 2.84. The number of hydrogen-bond acceptors (Lipinski definition) is 3. The van der Waals surface area contributed by atoms with Crippen LogP contribution in [0.3, 0.4) is 0 Å². The number of nitrogens with zero attached hydrogens (tertiary/aromatic N) is 1. The van der Waals surface area contributed by atoms with E-state index in [0.717, 1.165) is 24.2 Å². The van der Waals surface area contributed by atoms with Crippen molar-refractivity contribution in [1.82, 2.24) is 0 Å². The lowest BCUT2D eigenvalue weighted by Crippen LogP contribution is -2.23. The standard InChI is InChI=1S/C19H20N2O3/c22-17-5-2-1-4-14(17)7-12-18(23)20-15-8-10-16(11-9-15)21-13-3-6-19(21)24/h1-2,4-5,8-11,22H,3,6-7,12-13H2,(H,20,23). The molecule has 3 rings (SSSR count). The number of aryl methyl sites for hydroxylation is 1. The Balaban J connectivity index is 1.55. The van der Waals surface area contributed by atoms with Crippen LogP contribution in [0.4, 0.5) is 11.4 Å². The summed E-state index contributed by atoms with van der Waals surface area (Å²) in [6.45, 7) is 0.755. The predicted molar refractivity (Wildman–Crippen MR) is 93.1 cm³/mol. The molecule has 2 amide bonds. The SMILES string of the molecule is O=C(CCc1ccccc1O)Nc1ccc(N2CCCC2=O)cc1. The van der Waals surface area contributed by atoms with Crippen LogP contribution >= 0.6 is 0 Å². The molecule has 0 saturated carbocycles. The lowest BCUT2D eigenvalue weighted by molar-refractivity contribution is -0.117. The number of nitrogens with one attached hydrogen (secondary N) is 1. The number of phenols is 1. The van der Waals surface area contributed by atoms with Crippen LogP contribution in [0.5, 0.6) is 5.75 Å². The maximum atomic E-state index is 12.0. The van der Waals surface area contributed by atoms with E-state index in [1.807, 2.05) is 24.3 Å². The maximum Gasteiger partial charge on any atom is 0.227 e. The Bertz CT molecular complexity index is 741. The van der Waals surface area contributed by atoms with E-state index in [9.17, 15) is 14.7 Å². The zero-order valence-corrected chi connectivity index (χ0v) is 13.4. The first-order chi connectivity index (χ1) is 11.6. The topological polar surface area (TPSA) is 69.6 Å². The molecule has 0 bridgehead atoms. The first-order valence-corrected chi connectivity index (χ1v) is 8.10. The van der Waals surface area contributed by atoms with Crippen molar-refractivity contribution < 1.29 is 14.7 Å². The summed E-state index contributed by atoms with van der Waals surface area (Å²) < 4.78 is 0. The van der Waals surface area contributed by atoms with Crippen LogP contribution in [0.15, 0.2) is 48.5 Å². The van der Waals surface area contributed by atoms with E-state index in [2.05, 4.69) is 5.32 Å². The van der Waals surface area contributed by atoms with E-state index < -0.39 is 0 Å². The van der Waals surface area contributed by atoms with Crippen LogP contribution < -0.4 is 10.2 Å². The Labute approximate surface area is 140 Å². The third-order valence-corrected chi connectivity index (χ3v) is 4.15. The van der Waals surface area contributed by atoms with Crippen LogP contribution in [-0.2, 0) is 16.0 Å². The van der Waals surface area contributed by atoms with Gasteiger partial charge in [0, 0.05) is 30.8 Å². The van der Waals surface area contributed by atoms with Crippen molar-refractivity contribution in [2.75, 3.05) is 16.8 Å². The Morgan fingerprint density at radius 1 is 1.12 bits per heavy atom. The highest BCUT2D eigenvalue weighted by molar-refractivity contribution is 5.96. The van der Waals surface area contributed by atoms with Gasteiger partial charge in [-0.3, -0.25) is 9.59 Å². The molecule has 2 N–H and O–H groups in total. The Morgan fingerprint density at radius 3 is 2.54 bits per heavy atom. The summed E-state index contributed by atoms with van der Waals surface area (Å²) in [5.74, 6) is 0.252. The normalized spacial score (nSPS) is 14.0. The number of para-hydroxylation sites is 1. The molecule has 1 aliphatic rings. The molecule has 2 aromatic carbocycles. The third-order valence-electron chi connectivity index (χ3n) is 4.15. The Kier molecular flexibility index (Phi) is 4.79. The molecular formula is C19H20N2O3. The first kappa shape index (κ1) is 16.1. The number of carbonyl (C=O) groups excluding carboxylic acids is 2. The summed E-state index contributed by atoms with van der Waals surface area (Å²) in [5, 5.41) is 12.5. The van der Waals surface area contributed by atoms with E-state index in [-0.39, 0.29) is 17.6 Å². The summed E-state index contributed by atoms with van der Waals surface area (Å²) in [5.41, 5.74) is 2.33. The van der Waals surface area contributed by atoms with Gasteiger partial charge in [-0.15, -0.1) is 0 Å². The summed E-state index contributed by atoms with van der Waals surface area (Å²) in [6, 6.07) is 14.3. The zero-order valence-electron chi connectivity index (χ0n) is 13.4. The van der Waals surface area contributed by atoms with E-state index >= 15 is 0 Å². The molecule has 0 aliphatic carbocycles. The van der Waals surface area contributed by atoms with Gasteiger partial charge in [-0.2, -0.15) is 0 Å². The highest BCUT2D eigenvalue weighted by Crippen LogP contribution is 2.23. The average Bonchev–Trinajstić information content (AvgIpc) is 3.01. The van der Waals surface area contributed by atoms with Crippen molar-refractivity contribution in [2.45, 2.75) is 25.7 Å². The lowest BCUT2D eigenvalue weighted by atomic mass is 10.1. The highest BCUT2D eigenvalue weighted by Gasteiger charge is 2.21. The molecule has 0 aromatic heterocycles. The lowest BCUT2D eigenvalue weighted by Gasteiger charge is -2.16. The van der Waals surface area contributed by atoms with Gasteiger partial charge in [-0.25, -0.2) is 0 Å². The molecule has 0 atom stereocenters. The second-order valence-electron chi connectivity index (χ2n) is 5.87. The molecule has 2 aromatic rings. The minimum absolute atomic E-state index is 0.108. The minimum Gasteiger partial charge on any atom is -0.508 e. The Morgan fingerprint density at radius 2 is 1.88 bits per heavy atom. The van der Waals surface area contributed by atoms with Crippen molar-refractivity contribution in [3.63, 3.8) is 0 Å². The molecule has 0 radical (unpaired) electrons. The van der Waals surface area contributed by atoms with Crippen molar-refractivity contribution in [2.24, 2.45) is 0 Å². The number of anilines is 2. The largest absolute Gasteiger partial charge is 0.508 e. The molecule has 5 heteroatoms. The number of phenolic OH excluding ortho intramolecular Hbond substituents is 1. The van der Waals surface area contributed by atoms with Crippen molar-refractivity contribution in [1.29, 1.82) is 0 Å². The van der Waals surface area contributed by atoms with Gasteiger partial charge in [0.2, 0.25) is 11.8 Å². The second-order valence-corrected chi connectivity index (χ2v) is 5.87. The smallest absolute Gasteiger partial charge is 0.227 e. The molecule has 0 unspecified atom stereocenters. The van der Waals surface area contributed by atoms with Gasteiger partial charge in [0.15, 0.2) is 0 Å². The van der Waals surface area contributed by atoms with E-state index in [4.69, 9.17) is 0 Å². The monoisotopic (exact) mass is 324 g/mol. The van der Waals surface area contributed by atoms with Crippen LogP contribution in [0.25, 0.3) is 0 Å². The molecule has 24 heavy (non-hydrogen) atoms. The summed E-state index contributed by atoms with van der Waals surface area (Å²) in [6.07, 6.45) is 2.28. The molecule has 1 saturated heterocycles. The maximum absolute atomic E-state index is 12.0. The second kappa shape index (κ2) is 7.17. The minimum atomic E-state index is -0.108. The van der Waals surface area contributed by atoms with Crippen LogP contribution in [0.2, 0.25) is 0 Å². The summed E-state index contributed by atoms with van der Waals surface area (Å²) in [4.78, 5) is 25.5. The number of hydrogen-bond donors (Lipinski definition) is 2. The van der Waals surface area contributed by atoms with Crippen molar-refractivity contribution >= 4 is 23.2 Å². The number of rotatable bonds is 5. The third kappa shape index (κ3) is 3.74. The molecular weight excluding hydrogens is 304 g/mol. The van der Waals surface area contributed by atoms with Gasteiger partial charge in [-0.05, 0) is 48.7 Å². The molecule has 5 nitrogen and oxygen atoms in total. The van der Waals surface area contributed by atoms with Gasteiger partial charge in [0.1, 0.15) is 5.75 Å². The Hall–Kier alpha value is -2.82. The van der Waals surface area contributed by atoms with Crippen LogP contribution in [0, 0.1) is 0 Å². The predicted octanol–water partition coefficient (Wildman–Crippen LogP) is 3.09. The number of amides is 2. The summed E-state index contributed by atoms with van der Waals surface area (Å²) in [7, 11) is 0. The summed E-state index contributed by atoms with van der Waals surface area (Å²) >= 11 is 0. The van der Waals surface area contributed by atoms with Gasteiger partial charge >= 0.3 is 0 Å². The average molecular weight is 324 g/mol.